The maximum atomic E-state index is 12.7. The van der Waals surface area contributed by atoms with E-state index in [1.54, 1.807) is 12.1 Å². The molecule has 0 aliphatic carbocycles. The second kappa shape index (κ2) is 10.7. The second-order valence-electron chi connectivity index (χ2n) is 13.1. The van der Waals surface area contributed by atoms with E-state index < -0.39 is 27.4 Å². The van der Waals surface area contributed by atoms with E-state index in [2.05, 4.69) is 31.4 Å². The van der Waals surface area contributed by atoms with E-state index in [4.69, 9.17) is 27.9 Å². The molecule has 0 saturated carbocycles. The summed E-state index contributed by atoms with van der Waals surface area (Å²) in [5.41, 5.74) is 4.00. The zero-order chi connectivity index (χ0) is 33.7. The Bertz CT molecular complexity index is 2200. The zero-order valence-electron chi connectivity index (χ0n) is 26.6. The van der Waals surface area contributed by atoms with Gasteiger partial charge in [-0.25, -0.2) is 9.37 Å². The molecule has 0 spiro atoms. The van der Waals surface area contributed by atoms with E-state index in [0.29, 0.717) is 44.7 Å². The Kier molecular flexibility index (Phi) is 7.52. The van der Waals surface area contributed by atoms with Crippen LogP contribution in [-0.4, -0.2) is 55.0 Å². The smallest absolute Gasteiger partial charge is 0.337 e. The highest BCUT2D eigenvalue weighted by molar-refractivity contribution is 7.86. The highest BCUT2D eigenvalue weighted by atomic mass is 35.5. The van der Waals surface area contributed by atoms with E-state index in [0.717, 1.165) is 22.9 Å². The van der Waals surface area contributed by atoms with Crippen molar-refractivity contribution >= 4 is 61.7 Å². The highest BCUT2D eigenvalue weighted by Gasteiger charge is 2.37. The van der Waals surface area contributed by atoms with Gasteiger partial charge in [0.15, 0.2) is 5.54 Å². The minimum absolute atomic E-state index is 0.0222. The van der Waals surface area contributed by atoms with Crippen LogP contribution in [0.4, 0.5) is 5.69 Å². The first kappa shape index (κ1) is 32.3. The van der Waals surface area contributed by atoms with E-state index >= 15 is 0 Å². The predicted molar refractivity (Wildman–Crippen MR) is 184 cm³/mol. The third-order valence-corrected chi connectivity index (χ3v) is 10.7. The Morgan fingerprint density at radius 3 is 2.26 bits per heavy atom. The molecule has 46 heavy (non-hydrogen) atoms. The summed E-state index contributed by atoms with van der Waals surface area (Å²) < 4.78 is 43.1. The lowest BCUT2D eigenvalue weighted by atomic mass is 9.83. The summed E-state index contributed by atoms with van der Waals surface area (Å²) in [4.78, 5) is 14.8. The van der Waals surface area contributed by atoms with Crippen molar-refractivity contribution in [2.45, 2.75) is 52.1 Å². The molecule has 0 radical (unpaired) electrons. The molecule has 2 N–H and O–H groups in total. The Morgan fingerprint density at radius 1 is 0.957 bits per heavy atom. The molecule has 11 heteroatoms. The Balaban J connectivity index is 1.81. The average Bonchev–Trinajstić information content (AvgIpc) is 2.95. The van der Waals surface area contributed by atoms with Crippen LogP contribution in [0.2, 0.25) is 10.0 Å². The molecule has 3 aliphatic rings. The third-order valence-electron chi connectivity index (χ3n) is 9.44. The molecule has 3 aromatic rings. The lowest BCUT2D eigenvalue weighted by molar-refractivity contribution is 0.0696. The topological polar surface area (TPSA) is 107 Å². The minimum Gasteiger partial charge on any atom is -0.478 e. The monoisotopic (exact) mass is 681 g/mol. The van der Waals surface area contributed by atoms with Crippen LogP contribution in [0.3, 0.4) is 0 Å². The predicted octanol–water partition coefficient (Wildman–Crippen LogP) is 6.25. The second-order valence-corrected chi connectivity index (χ2v) is 15.4. The van der Waals surface area contributed by atoms with E-state index in [1.165, 1.54) is 6.07 Å². The number of aromatic carboxylic acids is 1. The van der Waals surface area contributed by atoms with Crippen LogP contribution in [-0.2, 0) is 10.1 Å². The van der Waals surface area contributed by atoms with Crippen LogP contribution in [0.5, 0.6) is 11.5 Å². The van der Waals surface area contributed by atoms with Gasteiger partial charge in [0.25, 0.3) is 10.1 Å². The number of allylic oxidation sites excluding steroid dienone is 1. The number of halogens is 2. The van der Waals surface area contributed by atoms with Crippen molar-refractivity contribution in [3.63, 3.8) is 0 Å². The van der Waals surface area contributed by atoms with Crippen LogP contribution < -0.4 is 24.8 Å². The number of carboxylic acid groups (broad SMARTS) is 1. The summed E-state index contributed by atoms with van der Waals surface area (Å²) in [6.45, 7) is 10.3. The fourth-order valence-corrected chi connectivity index (χ4v) is 7.86. The molecule has 6 rings (SSSR count). The highest BCUT2D eigenvalue weighted by Crippen LogP contribution is 2.48. The molecule has 3 aromatic carbocycles. The van der Waals surface area contributed by atoms with Crippen molar-refractivity contribution in [2.24, 2.45) is 0 Å². The summed E-state index contributed by atoms with van der Waals surface area (Å²) in [7, 11) is -0.457. The van der Waals surface area contributed by atoms with Gasteiger partial charge in [-0.1, -0.05) is 36.2 Å². The molecule has 3 aliphatic heterocycles. The lowest BCUT2D eigenvalue weighted by Gasteiger charge is -2.41. The number of anilines is 1. The molecular formula is C35H35Cl2N2O6S+. The van der Waals surface area contributed by atoms with Crippen molar-refractivity contribution in [2.75, 3.05) is 24.7 Å². The SMILES string of the molecule is CCC1=CC(C)(C)[N+](C)=c2cc3c(cc21)=C(c1c(Cl)ccc(Cl)c1C(=O)O)c1cc2c(cc1O3)N(C)C(C)(C)C=C2CS(=O)(=O)O. The van der Waals surface area contributed by atoms with Gasteiger partial charge < -0.3 is 14.7 Å². The fraction of sp³-hybridized carbons (Fsp3) is 0.314. The fourth-order valence-electron chi connectivity index (χ4n) is 6.74. The first-order valence-electron chi connectivity index (χ1n) is 14.8. The molecule has 0 atom stereocenters. The lowest BCUT2D eigenvalue weighted by Crippen LogP contribution is -2.47. The van der Waals surface area contributed by atoms with Gasteiger partial charge in [0, 0.05) is 70.7 Å². The van der Waals surface area contributed by atoms with Crippen LogP contribution >= 0.6 is 23.2 Å². The van der Waals surface area contributed by atoms with Crippen molar-refractivity contribution in [1.82, 2.24) is 4.58 Å². The molecular weight excluding hydrogens is 647 g/mol. The van der Waals surface area contributed by atoms with Crippen molar-refractivity contribution in [1.29, 1.82) is 0 Å². The molecule has 8 nitrogen and oxygen atoms in total. The van der Waals surface area contributed by atoms with Crippen LogP contribution in [0.1, 0.15) is 73.7 Å². The summed E-state index contributed by atoms with van der Waals surface area (Å²) in [6, 6.07) is 10.6. The quantitative estimate of drug-likeness (QED) is 0.189. The number of ether oxygens (including phenoxy) is 1. The molecule has 0 amide bonds. The van der Waals surface area contributed by atoms with Crippen molar-refractivity contribution in [3.8, 4) is 11.5 Å². The Morgan fingerprint density at radius 2 is 1.63 bits per heavy atom. The largest absolute Gasteiger partial charge is 0.478 e. The number of carbonyl (C=O) groups is 1. The van der Waals surface area contributed by atoms with Crippen LogP contribution in [0.25, 0.3) is 16.7 Å². The normalized spacial score (nSPS) is 17.7. The van der Waals surface area contributed by atoms with Crippen molar-refractivity contribution < 1.29 is 27.6 Å². The molecule has 0 saturated heterocycles. The number of hydrogen-bond acceptors (Lipinski definition) is 5. The maximum Gasteiger partial charge on any atom is 0.337 e. The molecule has 0 fully saturated rings. The first-order valence-corrected chi connectivity index (χ1v) is 17.2. The molecule has 0 unspecified atom stereocenters. The average molecular weight is 683 g/mol. The van der Waals surface area contributed by atoms with Gasteiger partial charge in [-0.15, -0.1) is 0 Å². The van der Waals surface area contributed by atoms with Gasteiger partial charge in [-0.3, -0.25) is 4.55 Å². The standard InChI is InChI=1S/C35H34Cl2N2O6S/c1-8-18-15-34(2,3)38(6)26-13-28-22(11-20(18)26)30(31-24(36)9-10-25(37)32(31)33(40)41)23-12-21-19(17-46(42,43)44)16-35(4,5)39(7)27(21)14-29(23)45-28/h9-16H,8,17H2,1-7H3,(H-,40,41,42,43,44)/p+1. The Labute approximate surface area is 278 Å². The molecule has 0 aromatic heterocycles. The van der Waals surface area contributed by atoms with E-state index in [-0.39, 0.29) is 26.7 Å². The van der Waals surface area contributed by atoms with Gasteiger partial charge in [0.05, 0.1) is 22.2 Å². The maximum absolute atomic E-state index is 12.7. The van der Waals surface area contributed by atoms with Gasteiger partial charge >= 0.3 is 5.97 Å². The first-order chi connectivity index (χ1) is 21.3. The van der Waals surface area contributed by atoms with Crippen LogP contribution in [0, 0.1) is 0 Å². The molecule has 3 heterocycles. The number of fused-ring (bicyclic) bond motifs is 4. The number of nitrogens with zero attached hydrogens (tertiary/aromatic N) is 2. The number of benzene rings is 3. The summed E-state index contributed by atoms with van der Waals surface area (Å²) in [5, 5.41) is 12.2. The van der Waals surface area contributed by atoms with Crippen LogP contribution in [0.15, 0.2) is 48.6 Å². The van der Waals surface area contributed by atoms with Gasteiger partial charge in [0.2, 0.25) is 5.36 Å². The molecule has 240 valence electrons. The number of hydrogen-bond donors (Lipinski definition) is 2. The van der Waals surface area contributed by atoms with Gasteiger partial charge in [-0.05, 0) is 61.8 Å². The molecule has 0 bridgehead atoms. The number of carboxylic acids is 1. The summed E-state index contributed by atoms with van der Waals surface area (Å²) in [5.74, 6) is -0.889. The third kappa shape index (κ3) is 5.14. The van der Waals surface area contributed by atoms with E-state index in [1.807, 2.05) is 57.1 Å². The minimum atomic E-state index is -4.39. The zero-order valence-corrected chi connectivity index (χ0v) is 28.9. The van der Waals surface area contributed by atoms with E-state index in [9.17, 15) is 22.9 Å². The van der Waals surface area contributed by atoms with Crippen molar-refractivity contribution in [3.05, 3.63) is 97.0 Å². The van der Waals surface area contributed by atoms with Gasteiger partial charge in [0.1, 0.15) is 24.3 Å². The summed E-state index contributed by atoms with van der Waals surface area (Å²) in [6.07, 6.45) is 4.82. The number of likely N-dealkylation sites (N-methyl/N-ethyl adjacent to an activating group) is 2. The summed E-state index contributed by atoms with van der Waals surface area (Å²) >= 11 is 13.4. The Hall–Kier alpha value is -3.63. The number of rotatable bonds is 5. The van der Waals surface area contributed by atoms with Gasteiger partial charge in [-0.2, -0.15) is 8.42 Å².